The van der Waals surface area contributed by atoms with Crippen LogP contribution in [-0.2, 0) is 4.79 Å². The minimum Gasteiger partial charge on any atom is -0.459 e. The summed E-state index contributed by atoms with van der Waals surface area (Å²) in [5, 5.41) is 7.67. The number of furan rings is 1. The molecular formula is C13H15N3O3S2. The maximum Gasteiger partial charge on any atom is 0.287 e. The van der Waals surface area contributed by atoms with Crippen molar-refractivity contribution >= 4 is 40.0 Å². The fraction of sp³-hybridized carbons (Fsp3) is 0.308. The van der Waals surface area contributed by atoms with E-state index in [1.54, 1.807) is 35.5 Å². The molecule has 112 valence electrons. The van der Waals surface area contributed by atoms with Crippen molar-refractivity contribution in [3.8, 4) is 0 Å². The highest BCUT2D eigenvalue weighted by atomic mass is 32.2. The van der Waals surface area contributed by atoms with Crippen LogP contribution in [0.15, 0.2) is 34.4 Å². The van der Waals surface area contributed by atoms with Crippen LogP contribution < -0.4 is 10.6 Å². The van der Waals surface area contributed by atoms with Crippen LogP contribution in [0.3, 0.4) is 0 Å². The molecule has 2 N–H and O–H groups in total. The van der Waals surface area contributed by atoms with Gasteiger partial charge in [-0.25, -0.2) is 4.98 Å². The zero-order valence-electron chi connectivity index (χ0n) is 11.4. The van der Waals surface area contributed by atoms with Gasteiger partial charge < -0.3 is 15.1 Å². The second kappa shape index (κ2) is 7.84. The average molecular weight is 325 g/mol. The number of amides is 2. The molecule has 0 fully saturated rings. The number of rotatable bonds is 7. The number of carbonyl (C=O) groups is 2. The summed E-state index contributed by atoms with van der Waals surface area (Å²) in [6.45, 7) is 0. The number of nitrogens with one attached hydrogen (secondary N) is 2. The van der Waals surface area contributed by atoms with Crippen molar-refractivity contribution in [3.63, 3.8) is 0 Å². The third-order valence-electron chi connectivity index (χ3n) is 2.64. The van der Waals surface area contributed by atoms with E-state index >= 15 is 0 Å². The van der Waals surface area contributed by atoms with Crippen molar-refractivity contribution < 1.29 is 14.0 Å². The Morgan fingerprint density at radius 3 is 3.00 bits per heavy atom. The molecular weight excluding hydrogens is 310 g/mol. The molecule has 2 aromatic rings. The van der Waals surface area contributed by atoms with E-state index in [-0.39, 0.29) is 11.7 Å². The van der Waals surface area contributed by atoms with Crippen molar-refractivity contribution in [2.75, 3.05) is 17.3 Å². The summed E-state index contributed by atoms with van der Waals surface area (Å²) in [4.78, 5) is 28.2. The summed E-state index contributed by atoms with van der Waals surface area (Å²) < 4.78 is 5.03. The monoisotopic (exact) mass is 325 g/mol. The van der Waals surface area contributed by atoms with E-state index in [4.69, 9.17) is 4.42 Å². The second-order valence-electron chi connectivity index (χ2n) is 4.11. The minimum atomic E-state index is -0.626. The molecule has 2 aromatic heterocycles. The van der Waals surface area contributed by atoms with Crippen molar-refractivity contribution in [1.29, 1.82) is 0 Å². The Hall–Kier alpha value is -1.80. The molecule has 0 saturated carbocycles. The molecule has 0 bridgehead atoms. The van der Waals surface area contributed by atoms with Crippen molar-refractivity contribution in [1.82, 2.24) is 10.3 Å². The molecule has 2 rings (SSSR count). The van der Waals surface area contributed by atoms with Crippen molar-refractivity contribution in [3.05, 3.63) is 35.7 Å². The van der Waals surface area contributed by atoms with Gasteiger partial charge in [0.25, 0.3) is 5.91 Å². The van der Waals surface area contributed by atoms with Crippen LogP contribution in [0.4, 0.5) is 5.13 Å². The highest BCUT2D eigenvalue weighted by Crippen LogP contribution is 2.12. The van der Waals surface area contributed by atoms with Gasteiger partial charge in [-0.3, -0.25) is 9.59 Å². The van der Waals surface area contributed by atoms with E-state index in [1.165, 1.54) is 17.6 Å². The summed E-state index contributed by atoms with van der Waals surface area (Å²) in [6.07, 6.45) is 5.51. The van der Waals surface area contributed by atoms with Gasteiger partial charge >= 0.3 is 0 Å². The van der Waals surface area contributed by atoms with Gasteiger partial charge in [0.2, 0.25) is 5.91 Å². The van der Waals surface area contributed by atoms with E-state index in [9.17, 15) is 9.59 Å². The van der Waals surface area contributed by atoms with Gasteiger partial charge in [-0.1, -0.05) is 0 Å². The lowest BCUT2D eigenvalue weighted by Gasteiger charge is -2.16. The fourth-order valence-corrected chi connectivity index (χ4v) is 2.62. The molecule has 0 unspecified atom stereocenters. The molecule has 0 aliphatic carbocycles. The van der Waals surface area contributed by atoms with Crippen LogP contribution >= 0.6 is 23.1 Å². The summed E-state index contributed by atoms with van der Waals surface area (Å²) in [5.74, 6) is 0.263. The molecule has 0 saturated heterocycles. The number of nitrogens with zero attached hydrogens (tertiary/aromatic N) is 1. The van der Waals surface area contributed by atoms with Gasteiger partial charge in [0, 0.05) is 11.6 Å². The Morgan fingerprint density at radius 1 is 1.52 bits per heavy atom. The number of thiazole rings is 1. The molecule has 1 atom stereocenters. The van der Waals surface area contributed by atoms with Gasteiger partial charge in [0.1, 0.15) is 6.04 Å². The lowest BCUT2D eigenvalue weighted by atomic mass is 10.2. The lowest BCUT2D eigenvalue weighted by molar-refractivity contribution is -0.118. The first kappa shape index (κ1) is 15.6. The summed E-state index contributed by atoms with van der Waals surface area (Å²) in [5.41, 5.74) is 0. The molecule has 2 heterocycles. The van der Waals surface area contributed by atoms with Crippen molar-refractivity contribution in [2.45, 2.75) is 12.5 Å². The predicted octanol–water partition coefficient (Wildman–Crippen LogP) is 2.23. The van der Waals surface area contributed by atoms with Gasteiger partial charge in [0.05, 0.1) is 6.26 Å². The summed E-state index contributed by atoms with van der Waals surface area (Å²) in [7, 11) is 0. The Morgan fingerprint density at radius 2 is 2.38 bits per heavy atom. The molecule has 8 heteroatoms. The normalized spacial score (nSPS) is 11.9. The highest BCUT2D eigenvalue weighted by Gasteiger charge is 2.22. The second-order valence-corrected chi connectivity index (χ2v) is 5.99. The largest absolute Gasteiger partial charge is 0.459 e. The predicted molar refractivity (Wildman–Crippen MR) is 83.7 cm³/mol. The number of hydrogen-bond donors (Lipinski definition) is 2. The van der Waals surface area contributed by atoms with Crippen LogP contribution in [0.25, 0.3) is 0 Å². The average Bonchev–Trinajstić information content (AvgIpc) is 3.15. The molecule has 0 aromatic carbocycles. The van der Waals surface area contributed by atoms with Gasteiger partial charge in [-0.2, -0.15) is 11.8 Å². The fourth-order valence-electron chi connectivity index (χ4n) is 1.62. The van der Waals surface area contributed by atoms with Gasteiger partial charge in [-0.15, -0.1) is 11.3 Å². The first-order valence-corrected chi connectivity index (χ1v) is 8.51. The smallest absolute Gasteiger partial charge is 0.287 e. The maximum atomic E-state index is 12.2. The van der Waals surface area contributed by atoms with E-state index in [0.29, 0.717) is 11.6 Å². The molecule has 6 nitrogen and oxygen atoms in total. The number of thioether (sulfide) groups is 1. The topological polar surface area (TPSA) is 84.2 Å². The number of anilines is 1. The Labute approximate surface area is 130 Å². The Kier molecular flexibility index (Phi) is 5.82. The Bertz CT molecular complexity index is 570. The number of hydrogen-bond acceptors (Lipinski definition) is 6. The van der Waals surface area contributed by atoms with Crippen LogP contribution in [0.5, 0.6) is 0 Å². The lowest BCUT2D eigenvalue weighted by Crippen LogP contribution is -2.44. The molecule has 0 spiro atoms. The molecule has 0 aliphatic rings. The Balaban J connectivity index is 1.99. The number of aromatic nitrogens is 1. The SMILES string of the molecule is CSCC[C@@H](NC(=O)c1ccco1)C(=O)Nc1nccs1. The van der Waals surface area contributed by atoms with Crippen LogP contribution in [-0.4, -0.2) is 34.8 Å². The third-order valence-corrected chi connectivity index (χ3v) is 3.97. The first-order chi connectivity index (χ1) is 10.2. The summed E-state index contributed by atoms with van der Waals surface area (Å²) in [6, 6.07) is 2.56. The van der Waals surface area contributed by atoms with E-state index in [2.05, 4.69) is 15.6 Å². The molecule has 2 amide bonds. The first-order valence-electron chi connectivity index (χ1n) is 6.24. The zero-order valence-corrected chi connectivity index (χ0v) is 13.0. The number of carbonyl (C=O) groups excluding carboxylic acids is 2. The van der Waals surface area contributed by atoms with E-state index in [1.807, 2.05) is 6.26 Å². The highest BCUT2D eigenvalue weighted by molar-refractivity contribution is 7.98. The van der Waals surface area contributed by atoms with Crippen molar-refractivity contribution in [2.24, 2.45) is 0 Å². The van der Waals surface area contributed by atoms with Crippen LogP contribution in [0.1, 0.15) is 17.0 Å². The summed E-state index contributed by atoms with van der Waals surface area (Å²) >= 11 is 2.94. The molecule has 0 aliphatic heterocycles. The maximum absolute atomic E-state index is 12.2. The molecule has 0 radical (unpaired) electrons. The van der Waals surface area contributed by atoms with E-state index in [0.717, 1.165) is 5.75 Å². The zero-order chi connectivity index (χ0) is 15.1. The van der Waals surface area contributed by atoms with Crippen LogP contribution in [0, 0.1) is 0 Å². The molecule has 21 heavy (non-hydrogen) atoms. The quantitative estimate of drug-likeness (QED) is 0.815. The van der Waals surface area contributed by atoms with Gasteiger partial charge in [0.15, 0.2) is 10.9 Å². The van der Waals surface area contributed by atoms with E-state index < -0.39 is 11.9 Å². The standard InChI is InChI=1S/C13H15N3O3S2/c1-20-7-4-9(11(17)16-13-14-5-8-21-13)15-12(18)10-3-2-6-19-10/h2-3,5-6,8-9H,4,7H2,1H3,(H,15,18)(H,14,16,17)/t9-/m1/s1. The van der Waals surface area contributed by atoms with Gasteiger partial charge in [-0.05, 0) is 30.6 Å². The van der Waals surface area contributed by atoms with Crippen LogP contribution in [0.2, 0.25) is 0 Å². The minimum absolute atomic E-state index is 0.186. The third kappa shape index (κ3) is 4.61.